The van der Waals surface area contributed by atoms with E-state index >= 15 is 0 Å². The van der Waals surface area contributed by atoms with Gasteiger partial charge in [-0.25, -0.2) is 4.98 Å². The van der Waals surface area contributed by atoms with Crippen molar-refractivity contribution in [3.8, 4) is 0 Å². The Hall–Kier alpha value is -0.640. The van der Waals surface area contributed by atoms with Crippen molar-refractivity contribution < 1.29 is 4.74 Å². The van der Waals surface area contributed by atoms with Gasteiger partial charge in [-0.1, -0.05) is 17.7 Å². The van der Waals surface area contributed by atoms with E-state index in [2.05, 4.69) is 10.3 Å². The fourth-order valence-electron chi connectivity index (χ4n) is 1.45. The average Bonchev–Trinajstić information content (AvgIpc) is 2.30. The molecule has 1 aromatic heterocycles. The van der Waals surface area contributed by atoms with Crippen LogP contribution < -0.4 is 5.32 Å². The van der Waals surface area contributed by atoms with E-state index in [0.717, 1.165) is 31.7 Å². The number of rotatable bonds is 8. The minimum absolute atomic E-state index is 0.592. The lowest BCUT2D eigenvalue weighted by Crippen LogP contribution is -2.15. The molecule has 1 aromatic rings. The molecule has 0 saturated heterocycles. The summed E-state index contributed by atoms with van der Waals surface area (Å²) in [5, 5.41) is 3.95. The van der Waals surface area contributed by atoms with Gasteiger partial charge in [0.05, 0.1) is 0 Å². The predicted octanol–water partition coefficient (Wildman–Crippen LogP) is 2.64. The van der Waals surface area contributed by atoms with Crippen molar-refractivity contribution in [3.63, 3.8) is 0 Å². The highest BCUT2D eigenvalue weighted by atomic mass is 35.5. The molecule has 16 heavy (non-hydrogen) atoms. The number of nitrogens with zero attached hydrogens (tertiary/aromatic N) is 1. The molecule has 0 bridgehead atoms. The Labute approximate surface area is 102 Å². The molecule has 0 spiro atoms. The quantitative estimate of drug-likeness (QED) is 0.562. The molecular formula is C12H19ClN2O. The predicted molar refractivity (Wildman–Crippen MR) is 66.7 cm³/mol. The summed E-state index contributed by atoms with van der Waals surface area (Å²) in [5.74, 6) is 0. The Morgan fingerprint density at radius 3 is 3.00 bits per heavy atom. The zero-order valence-corrected chi connectivity index (χ0v) is 10.5. The first-order chi connectivity index (χ1) is 7.84. The number of hydrogen-bond donors (Lipinski definition) is 1. The minimum Gasteiger partial charge on any atom is -0.385 e. The standard InChI is InChI=1S/C12H19ClN2O/c1-16-9-4-2-3-7-14-10-11-6-5-8-15-12(11)13/h5-6,8,14H,2-4,7,9-10H2,1H3. The highest BCUT2D eigenvalue weighted by Gasteiger charge is 1.98. The van der Waals surface area contributed by atoms with Gasteiger partial charge in [-0.15, -0.1) is 0 Å². The zero-order chi connectivity index (χ0) is 11.6. The Morgan fingerprint density at radius 1 is 1.38 bits per heavy atom. The molecule has 3 nitrogen and oxygen atoms in total. The van der Waals surface area contributed by atoms with Crippen LogP contribution >= 0.6 is 11.6 Å². The molecule has 0 aliphatic carbocycles. The van der Waals surface area contributed by atoms with Crippen molar-refractivity contribution in [2.24, 2.45) is 0 Å². The number of halogens is 1. The van der Waals surface area contributed by atoms with Gasteiger partial charge in [-0.3, -0.25) is 0 Å². The van der Waals surface area contributed by atoms with Crippen molar-refractivity contribution in [1.82, 2.24) is 10.3 Å². The summed E-state index contributed by atoms with van der Waals surface area (Å²) in [4.78, 5) is 4.03. The molecule has 1 rings (SSSR count). The lowest BCUT2D eigenvalue weighted by atomic mass is 10.2. The Kier molecular flexibility index (Phi) is 7.14. The van der Waals surface area contributed by atoms with Crippen LogP contribution in [0.2, 0.25) is 5.15 Å². The van der Waals surface area contributed by atoms with E-state index in [1.54, 1.807) is 13.3 Å². The molecule has 0 unspecified atom stereocenters. The second-order valence-electron chi connectivity index (χ2n) is 3.68. The number of methoxy groups -OCH3 is 1. The molecule has 0 fully saturated rings. The lowest BCUT2D eigenvalue weighted by molar-refractivity contribution is 0.192. The van der Waals surface area contributed by atoms with Crippen molar-refractivity contribution in [3.05, 3.63) is 29.0 Å². The topological polar surface area (TPSA) is 34.1 Å². The van der Waals surface area contributed by atoms with Gasteiger partial charge in [0.25, 0.3) is 0 Å². The molecule has 4 heteroatoms. The van der Waals surface area contributed by atoms with Crippen LogP contribution in [0.25, 0.3) is 0 Å². The van der Waals surface area contributed by atoms with Crippen LogP contribution in [0, 0.1) is 0 Å². The first-order valence-electron chi connectivity index (χ1n) is 5.63. The molecule has 1 heterocycles. The van der Waals surface area contributed by atoms with E-state index < -0.39 is 0 Å². The summed E-state index contributed by atoms with van der Waals surface area (Å²) < 4.78 is 4.99. The molecule has 0 saturated carbocycles. The molecule has 0 amide bonds. The average molecular weight is 243 g/mol. The number of pyridine rings is 1. The van der Waals surface area contributed by atoms with Crippen molar-refractivity contribution >= 4 is 11.6 Å². The maximum absolute atomic E-state index is 5.94. The van der Waals surface area contributed by atoms with E-state index in [1.165, 1.54) is 12.8 Å². The van der Waals surface area contributed by atoms with Gasteiger partial charge >= 0.3 is 0 Å². The second kappa shape index (κ2) is 8.50. The molecule has 0 atom stereocenters. The first-order valence-corrected chi connectivity index (χ1v) is 6.01. The number of unbranched alkanes of at least 4 members (excludes halogenated alkanes) is 2. The van der Waals surface area contributed by atoms with Crippen LogP contribution in [0.15, 0.2) is 18.3 Å². The Balaban J connectivity index is 2.05. The second-order valence-corrected chi connectivity index (χ2v) is 4.04. The van der Waals surface area contributed by atoms with Crippen molar-refractivity contribution in [2.75, 3.05) is 20.3 Å². The molecule has 0 aliphatic rings. The van der Waals surface area contributed by atoms with E-state index in [1.807, 2.05) is 12.1 Å². The highest BCUT2D eigenvalue weighted by molar-refractivity contribution is 6.30. The van der Waals surface area contributed by atoms with E-state index in [-0.39, 0.29) is 0 Å². The van der Waals surface area contributed by atoms with E-state index in [4.69, 9.17) is 16.3 Å². The fraction of sp³-hybridized carbons (Fsp3) is 0.583. The maximum Gasteiger partial charge on any atom is 0.133 e. The van der Waals surface area contributed by atoms with Crippen LogP contribution in [0.3, 0.4) is 0 Å². The highest BCUT2D eigenvalue weighted by Crippen LogP contribution is 2.10. The Bertz CT molecular complexity index is 294. The summed E-state index contributed by atoms with van der Waals surface area (Å²) in [6, 6.07) is 3.90. The monoisotopic (exact) mass is 242 g/mol. The van der Waals surface area contributed by atoms with Gasteiger partial charge in [-0.2, -0.15) is 0 Å². The maximum atomic E-state index is 5.94. The van der Waals surface area contributed by atoms with Gasteiger partial charge in [0, 0.05) is 32.0 Å². The normalized spacial score (nSPS) is 10.6. The van der Waals surface area contributed by atoms with Crippen LogP contribution in [0.1, 0.15) is 24.8 Å². The summed E-state index contributed by atoms with van der Waals surface area (Å²) in [5.41, 5.74) is 1.06. The molecule has 0 aromatic carbocycles. The summed E-state index contributed by atoms with van der Waals surface area (Å²) in [6.07, 6.45) is 5.20. The number of aromatic nitrogens is 1. The Morgan fingerprint density at radius 2 is 2.25 bits per heavy atom. The summed E-state index contributed by atoms with van der Waals surface area (Å²) in [6.45, 7) is 2.65. The summed E-state index contributed by atoms with van der Waals surface area (Å²) >= 11 is 5.94. The molecule has 1 N–H and O–H groups in total. The van der Waals surface area contributed by atoms with Crippen LogP contribution in [0.5, 0.6) is 0 Å². The zero-order valence-electron chi connectivity index (χ0n) is 9.71. The number of hydrogen-bond acceptors (Lipinski definition) is 3. The molecular weight excluding hydrogens is 224 g/mol. The smallest absolute Gasteiger partial charge is 0.133 e. The van der Waals surface area contributed by atoms with E-state index in [9.17, 15) is 0 Å². The largest absolute Gasteiger partial charge is 0.385 e. The van der Waals surface area contributed by atoms with Gasteiger partial charge in [-0.05, 0) is 31.9 Å². The van der Waals surface area contributed by atoms with Gasteiger partial charge in [0.2, 0.25) is 0 Å². The third-order valence-corrected chi connectivity index (χ3v) is 2.69. The van der Waals surface area contributed by atoms with Crippen molar-refractivity contribution in [1.29, 1.82) is 0 Å². The molecule has 90 valence electrons. The molecule has 0 aliphatic heterocycles. The van der Waals surface area contributed by atoms with Crippen LogP contribution in [-0.4, -0.2) is 25.2 Å². The van der Waals surface area contributed by atoms with Crippen LogP contribution in [-0.2, 0) is 11.3 Å². The van der Waals surface area contributed by atoms with E-state index in [0.29, 0.717) is 5.15 Å². The van der Waals surface area contributed by atoms with Gasteiger partial charge < -0.3 is 10.1 Å². The van der Waals surface area contributed by atoms with Gasteiger partial charge in [0.1, 0.15) is 5.15 Å². The van der Waals surface area contributed by atoms with Crippen molar-refractivity contribution in [2.45, 2.75) is 25.8 Å². The van der Waals surface area contributed by atoms with Gasteiger partial charge in [0.15, 0.2) is 0 Å². The third kappa shape index (κ3) is 5.45. The minimum atomic E-state index is 0.592. The molecule has 0 radical (unpaired) electrons. The lowest BCUT2D eigenvalue weighted by Gasteiger charge is -2.05. The number of ether oxygens (including phenoxy) is 1. The third-order valence-electron chi connectivity index (χ3n) is 2.35. The first kappa shape index (κ1) is 13.4. The van der Waals surface area contributed by atoms with Crippen LogP contribution in [0.4, 0.5) is 0 Å². The SMILES string of the molecule is COCCCCCNCc1cccnc1Cl. The fourth-order valence-corrected chi connectivity index (χ4v) is 1.63. The number of nitrogens with one attached hydrogen (secondary N) is 1. The summed E-state index contributed by atoms with van der Waals surface area (Å²) in [7, 11) is 1.74.